The number of benzene rings is 1. The van der Waals surface area contributed by atoms with Gasteiger partial charge in [-0.05, 0) is 50.1 Å². The van der Waals surface area contributed by atoms with Gasteiger partial charge in [0.05, 0.1) is 34.3 Å². The second-order valence-corrected chi connectivity index (χ2v) is 11.7. The fraction of sp³-hybridized carbons (Fsp3) is 0.440. The summed E-state index contributed by atoms with van der Waals surface area (Å²) in [4.78, 5) is 35.4. The summed E-state index contributed by atoms with van der Waals surface area (Å²) >= 11 is 0. The molecule has 3 heterocycles. The number of hydrazine groups is 1. The molecule has 4 rings (SSSR count). The Bertz CT molecular complexity index is 1430. The fourth-order valence-electron chi connectivity index (χ4n) is 4.70. The molecule has 2 saturated heterocycles. The molecule has 39 heavy (non-hydrogen) atoms. The Kier molecular flexibility index (Phi) is 7.72. The van der Waals surface area contributed by atoms with Crippen LogP contribution >= 0.6 is 0 Å². The minimum Gasteiger partial charge on any atom is -0.431 e. The van der Waals surface area contributed by atoms with Crippen molar-refractivity contribution in [3.05, 3.63) is 36.0 Å². The van der Waals surface area contributed by atoms with Crippen molar-refractivity contribution >= 4 is 39.8 Å². The molecule has 0 aromatic heterocycles. The second kappa shape index (κ2) is 10.8. The van der Waals surface area contributed by atoms with Gasteiger partial charge in [0.2, 0.25) is 10.0 Å². The minimum absolute atomic E-state index is 0.108. The summed E-state index contributed by atoms with van der Waals surface area (Å²) in [5.74, 6) is -0.949. The molecule has 1 aromatic carbocycles. The fourth-order valence-corrected chi connectivity index (χ4v) is 5.60. The number of carbonyl (C=O) groups is 2. The first kappa shape index (κ1) is 27.8. The summed E-state index contributed by atoms with van der Waals surface area (Å²) < 4.78 is 31.0. The predicted molar refractivity (Wildman–Crippen MR) is 140 cm³/mol. The minimum atomic E-state index is -3.61. The Balaban J connectivity index is 1.62. The van der Waals surface area contributed by atoms with E-state index in [9.17, 15) is 23.3 Å². The molecule has 0 aliphatic carbocycles. The molecule has 14 heteroatoms. The highest BCUT2D eigenvalue weighted by Gasteiger charge is 2.50. The summed E-state index contributed by atoms with van der Waals surface area (Å²) in [6, 6.07) is 10.1. The largest absolute Gasteiger partial charge is 0.431 e. The van der Waals surface area contributed by atoms with E-state index in [0.717, 1.165) is 4.31 Å². The number of nitrogens with zero attached hydrogens (tertiary/aromatic N) is 7. The summed E-state index contributed by atoms with van der Waals surface area (Å²) in [5, 5.41) is 20.4. The third kappa shape index (κ3) is 5.34. The van der Waals surface area contributed by atoms with Gasteiger partial charge in [0, 0.05) is 33.4 Å². The highest BCUT2D eigenvalue weighted by atomic mass is 32.2. The van der Waals surface area contributed by atoms with Crippen LogP contribution in [0.4, 0.5) is 10.5 Å². The van der Waals surface area contributed by atoms with Crippen LogP contribution in [0.3, 0.4) is 0 Å². The molecule has 204 valence electrons. The number of aliphatic imine (C=N–C) groups is 2. The van der Waals surface area contributed by atoms with Crippen LogP contribution < -0.4 is 5.43 Å². The number of allylic oxidation sites excluding steroid dienone is 1. The van der Waals surface area contributed by atoms with Crippen LogP contribution in [0.25, 0.3) is 0 Å². The SMILES string of the molecule is CC(C#N)OC(=O)N1CCC(CC#N)(N2NC(=Nc3ccc(S(=O)(=O)N(C)C)cc3)C3C(=O)N=CC=C32)CC1. The lowest BCUT2D eigenvalue weighted by Crippen LogP contribution is -2.58. The van der Waals surface area contributed by atoms with E-state index >= 15 is 0 Å². The van der Waals surface area contributed by atoms with Crippen molar-refractivity contribution in [2.24, 2.45) is 15.9 Å². The normalized spacial score (nSPS) is 22.0. The molecule has 3 aliphatic heterocycles. The monoisotopic (exact) mass is 552 g/mol. The second-order valence-electron chi connectivity index (χ2n) is 9.57. The number of hydrogen-bond acceptors (Lipinski definition) is 9. The predicted octanol–water partition coefficient (Wildman–Crippen LogP) is 1.70. The summed E-state index contributed by atoms with van der Waals surface area (Å²) in [7, 11) is -0.720. The quantitative estimate of drug-likeness (QED) is 0.551. The van der Waals surface area contributed by atoms with E-state index < -0.39 is 39.6 Å². The number of nitriles is 2. The zero-order chi connectivity index (χ0) is 28.4. The highest BCUT2D eigenvalue weighted by molar-refractivity contribution is 7.89. The van der Waals surface area contributed by atoms with Gasteiger partial charge >= 0.3 is 6.09 Å². The number of rotatable bonds is 6. The molecule has 1 N–H and O–H groups in total. The highest BCUT2D eigenvalue weighted by Crippen LogP contribution is 2.40. The lowest BCUT2D eigenvalue weighted by atomic mass is 9.83. The number of fused-ring (bicyclic) bond motifs is 1. The first-order valence-corrected chi connectivity index (χ1v) is 13.6. The van der Waals surface area contributed by atoms with Gasteiger partial charge in [0.25, 0.3) is 5.91 Å². The van der Waals surface area contributed by atoms with Crippen LogP contribution in [-0.4, -0.2) is 85.5 Å². The maximum absolute atomic E-state index is 12.9. The van der Waals surface area contributed by atoms with Gasteiger partial charge in [0.1, 0.15) is 17.8 Å². The van der Waals surface area contributed by atoms with Gasteiger partial charge < -0.3 is 9.64 Å². The number of likely N-dealkylation sites (tertiary alicyclic amines) is 1. The van der Waals surface area contributed by atoms with Gasteiger partial charge in [-0.15, -0.1) is 0 Å². The molecular formula is C25H28N8O5S. The summed E-state index contributed by atoms with van der Waals surface area (Å²) in [6.45, 7) is 2.05. The molecule has 1 aromatic rings. The van der Waals surface area contributed by atoms with E-state index in [0.29, 0.717) is 30.1 Å². The van der Waals surface area contributed by atoms with Crippen molar-refractivity contribution in [2.75, 3.05) is 27.2 Å². The Hall–Kier alpha value is -4.27. The summed E-state index contributed by atoms with van der Waals surface area (Å²) in [5.41, 5.74) is 3.47. The number of ether oxygens (including phenoxy) is 1. The Morgan fingerprint density at radius 3 is 2.54 bits per heavy atom. The van der Waals surface area contributed by atoms with Gasteiger partial charge in [-0.1, -0.05) is 0 Å². The van der Waals surface area contributed by atoms with Crippen LogP contribution in [0.5, 0.6) is 0 Å². The first-order chi connectivity index (χ1) is 18.5. The van der Waals surface area contributed by atoms with Crippen LogP contribution in [0.2, 0.25) is 0 Å². The zero-order valence-electron chi connectivity index (χ0n) is 21.7. The Labute approximate surface area is 226 Å². The topological polar surface area (TPSA) is 172 Å². The third-order valence-electron chi connectivity index (χ3n) is 6.91. The maximum Gasteiger partial charge on any atom is 0.411 e. The molecule has 2 unspecified atom stereocenters. The zero-order valence-corrected chi connectivity index (χ0v) is 22.6. The lowest BCUT2D eigenvalue weighted by molar-refractivity contribution is -0.119. The van der Waals surface area contributed by atoms with E-state index in [2.05, 4.69) is 21.5 Å². The Morgan fingerprint density at radius 2 is 1.95 bits per heavy atom. The number of amides is 2. The number of amidine groups is 1. The van der Waals surface area contributed by atoms with Gasteiger partial charge in [0.15, 0.2) is 6.10 Å². The maximum atomic E-state index is 12.9. The molecule has 0 bridgehead atoms. The molecule has 0 spiro atoms. The van der Waals surface area contributed by atoms with Gasteiger partial charge in [-0.3, -0.25) is 15.2 Å². The van der Waals surface area contributed by atoms with E-state index in [4.69, 9.17) is 10.00 Å². The van der Waals surface area contributed by atoms with E-state index in [1.807, 2.05) is 6.07 Å². The van der Waals surface area contributed by atoms with Crippen molar-refractivity contribution in [2.45, 2.75) is 42.7 Å². The number of carbonyl (C=O) groups excluding carboxylic acids is 2. The molecule has 0 saturated carbocycles. The van der Waals surface area contributed by atoms with Crippen molar-refractivity contribution in [1.29, 1.82) is 10.5 Å². The smallest absolute Gasteiger partial charge is 0.411 e. The molecule has 3 aliphatic rings. The van der Waals surface area contributed by atoms with Gasteiger partial charge in [-0.2, -0.15) is 10.5 Å². The summed E-state index contributed by atoms with van der Waals surface area (Å²) in [6.07, 6.45) is 2.52. The van der Waals surface area contributed by atoms with Crippen LogP contribution in [0, 0.1) is 28.6 Å². The molecule has 0 radical (unpaired) electrons. The average Bonchev–Trinajstić information content (AvgIpc) is 3.29. The third-order valence-corrected chi connectivity index (χ3v) is 8.74. The number of piperidine rings is 1. The van der Waals surface area contributed by atoms with Crippen LogP contribution in [-0.2, 0) is 19.6 Å². The van der Waals surface area contributed by atoms with Crippen molar-refractivity contribution in [1.82, 2.24) is 19.6 Å². The molecular weight excluding hydrogens is 524 g/mol. The average molecular weight is 553 g/mol. The standard InChI is InChI=1S/C25H28N8O5S/c1-17(16-27)38-24(35)32-14-10-25(9-12-26,11-15-32)33-20-8-13-28-23(34)21(20)22(30-33)29-18-4-6-19(7-5-18)39(36,37)31(2)3/h4-8,13,17,21H,9-11,14-15H2,1-3H3,(H,29,30). The first-order valence-electron chi connectivity index (χ1n) is 12.2. The number of hydrogen-bond donors (Lipinski definition) is 1. The number of nitrogens with one attached hydrogen (secondary N) is 1. The molecule has 2 atom stereocenters. The molecule has 2 amide bonds. The Morgan fingerprint density at radius 1 is 1.28 bits per heavy atom. The lowest BCUT2D eigenvalue weighted by Gasteiger charge is -2.47. The van der Waals surface area contributed by atoms with Crippen molar-refractivity contribution < 1.29 is 22.7 Å². The van der Waals surface area contributed by atoms with E-state index in [1.54, 1.807) is 23.2 Å². The number of dihydropyridines is 1. The number of sulfonamides is 1. The van der Waals surface area contributed by atoms with Crippen molar-refractivity contribution in [3.8, 4) is 12.1 Å². The van der Waals surface area contributed by atoms with Crippen LogP contribution in [0.1, 0.15) is 26.2 Å². The van der Waals surface area contributed by atoms with E-state index in [1.165, 1.54) is 44.3 Å². The van der Waals surface area contributed by atoms with Gasteiger partial charge in [-0.25, -0.2) is 27.5 Å². The van der Waals surface area contributed by atoms with Crippen molar-refractivity contribution in [3.63, 3.8) is 0 Å². The van der Waals surface area contributed by atoms with E-state index in [-0.39, 0.29) is 24.4 Å². The molecule has 2 fully saturated rings. The van der Waals surface area contributed by atoms with Crippen LogP contribution in [0.15, 0.2) is 50.9 Å². The molecule has 13 nitrogen and oxygen atoms in total.